The number of nitrogens with two attached hydrogens (primary N) is 1. The Hall–Kier alpha value is -2.06. The average Bonchev–Trinajstić information content (AvgIpc) is 2.76. The van der Waals surface area contributed by atoms with Gasteiger partial charge >= 0.3 is 15.5 Å². The van der Waals surface area contributed by atoms with E-state index in [9.17, 15) is 21.6 Å². The van der Waals surface area contributed by atoms with Crippen LogP contribution in [0.3, 0.4) is 0 Å². The minimum atomic E-state index is -5.53. The smallest absolute Gasteiger partial charge is 0.322 e. The Balaban J connectivity index is 0.000000442. The molecule has 0 saturated heterocycles. The summed E-state index contributed by atoms with van der Waals surface area (Å²) < 4.78 is 62.7. The topological polar surface area (TPSA) is 72.2 Å². The first-order chi connectivity index (χ1) is 15.3. The SMILES string of the molecule is Cc1cc(C)c(C)cc1C.N[C@H](c1ccccc1)[C@H](NS(=O)(=O)C(F)(F)F)c1ccccc1.[Ru]. The van der Waals surface area contributed by atoms with Crippen LogP contribution in [-0.4, -0.2) is 13.9 Å². The van der Waals surface area contributed by atoms with E-state index in [0.717, 1.165) is 0 Å². The van der Waals surface area contributed by atoms with Crippen LogP contribution in [-0.2, 0) is 29.5 Å². The fourth-order valence-electron chi connectivity index (χ4n) is 3.22. The molecule has 0 unspecified atom stereocenters. The van der Waals surface area contributed by atoms with Gasteiger partial charge in [0.2, 0.25) is 0 Å². The molecule has 4 nitrogen and oxygen atoms in total. The molecule has 186 valence electrons. The Morgan fingerprint density at radius 3 is 1.44 bits per heavy atom. The van der Waals surface area contributed by atoms with Crippen molar-refractivity contribution in [2.45, 2.75) is 45.3 Å². The van der Waals surface area contributed by atoms with E-state index in [1.807, 2.05) is 0 Å². The van der Waals surface area contributed by atoms with Crippen LogP contribution in [0.4, 0.5) is 13.2 Å². The molecular formula is C25H29F3N2O2RuS. The van der Waals surface area contributed by atoms with E-state index in [2.05, 4.69) is 39.8 Å². The Morgan fingerprint density at radius 2 is 1.09 bits per heavy atom. The summed E-state index contributed by atoms with van der Waals surface area (Å²) in [5.41, 5.74) is 7.05. The molecular weight excluding hydrogens is 550 g/mol. The van der Waals surface area contributed by atoms with E-state index in [1.54, 1.807) is 53.3 Å². The van der Waals surface area contributed by atoms with Crippen molar-refractivity contribution in [2.75, 3.05) is 0 Å². The molecule has 0 saturated carbocycles. The summed E-state index contributed by atoms with van der Waals surface area (Å²) in [5.74, 6) is 0. The third kappa shape index (κ3) is 8.01. The first kappa shape index (κ1) is 30.0. The van der Waals surface area contributed by atoms with Crippen LogP contribution in [0.15, 0.2) is 72.8 Å². The van der Waals surface area contributed by atoms with Crippen molar-refractivity contribution in [1.29, 1.82) is 0 Å². The second-order valence-electron chi connectivity index (χ2n) is 7.91. The van der Waals surface area contributed by atoms with Gasteiger partial charge in [0.15, 0.2) is 0 Å². The molecule has 0 aliphatic rings. The molecule has 0 aliphatic heterocycles. The number of halogens is 3. The van der Waals surface area contributed by atoms with Gasteiger partial charge in [0.25, 0.3) is 0 Å². The quantitative estimate of drug-likeness (QED) is 0.376. The minimum absolute atomic E-state index is 0. The van der Waals surface area contributed by atoms with Gasteiger partial charge in [0.05, 0.1) is 12.1 Å². The molecule has 0 bridgehead atoms. The maximum atomic E-state index is 12.7. The third-order valence-electron chi connectivity index (χ3n) is 5.40. The number of nitrogens with one attached hydrogen (secondary N) is 1. The number of hydrogen-bond donors (Lipinski definition) is 2. The van der Waals surface area contributed by atoms with E-state index in [0.29, 0.717) is 11.1 Å². The van der Waals surface area contributed by atoms with Crippen LogP contribution in [0.1, 0.15) is 45.5 Å². The van der Waals surface area contributed by atoms with Crippen LogP contribution < -0.4 is 10.5 Å². The zero-order chi connectivity index (χ0) is 24.8. The molecule has 0 heterocycles. The Bertz CT molecular complexity index is 1110. The van der Waals surface area contributed by atoms with Crippen LogP contribution in [0, 0.1) is 27.7 Å². The van der Waals surface area contributed by atoms with E-state index in [4.69, 9.17) is 5.73 Å². The molecule has 3 N–H and O–H groups in total. The van der Waals surface area contributed by atoms with Crippen LogP contribution in [0.2, 0.25) is 0 Å². The maximum Gasteiger partial charge on any atom is 0.511 e. The van der Waals surface area contributed by atoms with Crippen molar-refractivity contribution in [2.24, 2.45) is 5.73 Å². The average molecular weight is 580 g/mol. The molecule has 3 aromatic carbocycles. The Kier molecular flexibility index (Phi) is 11.1. The number of aryl methyl sites for hydroxylation is 4. The van der Waals surface area contributed by atoms with Gasteiger partial charge in [0, 0.05) is 19.5 Å². The summed E-state index contributed by atoms with van der Waals surface area (Å²) >= 11 is 0. The number of sulfonamides is 1. The predicted molar refractivity (Wildman–Crippen MR) is 126 cm³/mol. The molecule has 3 aromatic rings. The predicted octanol–water partition coefficient (Wildman–Crippen LogP) is 5.78. The molecule has 2 atom stereocenters. The summed E-state index contributed by atoms with van der Waals surface area (Å²) in [5, 5.41) is 0. The largest absolute Gasteiger partial charge is 0.511 e. The molecule has 0 aliphatic carbocycles. The van der Waals surface area contributed by atoms with Gasteiger partial charge in [-0.05, 0) is 61.1 Å². The number of benzene rings is 3. The van der Waals surface area contributed by atoms with Crippen molar-refractivity contribution < 1.29 is 41.1 Å². The Morgan fingerprint density at radius 1 is 0.735 bits per heavy atom. The van der Waals surface area contributed by atoms with Crippen LogP contribution in [0.25, 0.3) is 0 Å². The fraction of sp³-hybridized carbons (Fsp3) is 0.280. The Labute approximate surface area is 212 Å². The minimum Gasteiger partial charge on any atom is -0.322 e. The second-order valence-corrected chi connectivity index (χ2v) is 9.62. The zero-order valence-electron chi connectivity index (χ0n) is 19.4. The van der Waals surface area contributed by atoms with E-state index in [1.165, 1.54) is 34.4 Å². The van der Waals surface area contributed by atoms with Crippen molar-refractivity contribution in [3.05, 3.63) is 106 Å². The van der Waals surface area contributed by atoms with Crippen LogP contribution >= 0.6 is 0 Å². The van der Waals surface area contributed by atoms with Gasteiger partial charge in [-0.2, -0.15) is 17.9 Å². The fourth-order valence-corrected chi connectivity index (χ4v) is 3.97. The summed E-state index contributed by atoms with van der Waals surface area (Å²) in [7, 11) is -5.53. The first-order valence-corrected chi connectivity index (χ1v) is 11.8. The molecule has 0 aromatic heterocycles. The molecule has 0 radical (unpaired) electrons. The standard InChI is InChI=1S/C15H15F3N2O2S.C10H14.Ru/c16-15(17,18)23(21,22)20-14(12-9-5-2-6-10-12)13(19)11-7-3-1-4-8-11;1-7-5-9(3)10(4)6-8(7)2;/h1-10,13-14,20H,19H2;5-6H,1-4H3;/t13-,14-;;/m1../s1. The summed E-state index contributed by atoms with van der Waals surface area (Å²) in [4.78, 5) is 0. The van der Waals surface area contributed by atoms with Gasteiger partial charge in [-0.1, -0.05) is 72.8 Å². The van der Waals surface area contributed by atoms with Crippen molar-refractivity contribution in [3.63, 3.8) is 0 Å². The van der Waals surface area contributed by atoms with E-state index in [-0.39, 0.29) is 19.5 Å². The van der Waals surface area contributed by atoms with Gasteiger partial charge < -0.3 is 5.73 Å². The summed E-state index contributed by atoms with van der Waals surface area (Å²) in [6.45, 7) is 8.62. The number of rotatable bonds is 5. The van der Waals surface area contributed by atoms with Crippen molar-refractivity contribution >= 4 is 10.0 Å². The van der Waals surface area contributed by atoms with Gasteiger partial charge in [-0.15, -0.1) is 0 Å². The van der Waals surface area contributed by atoms with Crippen LogP contribution in [0.5, 0.6) is 0 Å². The molecule has 9 heteroatoms. The molecule has 34 heavy (non-hydrogen) atoms. The van der Waals surface area contributed by atoms with E-state index < -0.39 is 27.6 Å². The van der Waals surface area contributed by atoms with Gasteiger partial charge in [-0.3, -0.25) is 0 Å². The number of alkyl halides is 3. The first-order valence-electron chi connectivity index (χ1n) is 10.3. The second kappa shape index (κ2) is 12.6. The molecule has 0 spiro atoms. The zero-order valence-corrected chi connectivity index (χ0v) is 21.9. The monoisotopic (exact) mass is 580 g/mol. The maximum absolute atomic E-state index is 12.7. The number of hydrogen-bond acceptors (Lipinski definition) is 3. The molecule has 0 fully saturated rings. The van der Waals surface area contributed by atoms with Crippen molar-refractivity contribution in [3.8, 4) is 0 Å². The van der Waals surface area contributed by atoms with Gasteiger partial charge in [-0.25, -0.2) is 8.42 Å². The van der Waals surface area contributed by atoms with Gasteiger partial charge in [0.1, 0.15) is 0 Å². The molecule has 3 rings (SSSR count). The third-order valence-corrected chi connectivity index (χ3v) is 6.57. The van der Waals surface area contributed by atoms with Crippen molar-refractivity contribution in [1.82, 2.24) is 4.72 Å². The molecule has 0 amide bonds. The van der Waals surface area contributed by atoms with E-state index >= 15 is 0 Å². The normalized spacial score (nSPS) is 13.2. The summed E-state index contributed by atoms with van der Waals surface area (Å²) in [6.07, 6.45) is 0. The summed E-state index contributed by atoms with van der Waals surface area (Å²) in [6, 6.07) is 18.5.